The Morgan fingerprint density at radius 3 is 2.87 bits per heavy atom. The highest BCUT2D eigenvalue weighted by molar-refractivity contribution is 5.79. The van der Waals surface area contributed by atoms with Crippen LogP contribution in [-0.2, 0) is 17.7 Å². The summed E-state index contributed by atoms with van der Waals surface area (Å²) < 4.78 is 8.13. The second-order valence-electron chi connectivity index (χ2n) is 9.44. The Kier molecular flexibility index (Phi) is 10.1. The third-order valence-electron chi connectivity index (χ3n) is 6.23. The van der Waals surface area contributed by atoms with Crippen LogP contribution >= 0.6 is 0 Å². The van der Waals surface area contributed by atoms with E-state index in [1.165, 1.54) is 32.1 Å². The molecule has 1 aromatic rings. The standard InChI is InChI=1S/C23H43N7O/c1-4-22-28-27-18-30(22)11-10-24-23(25-14-20-8-6-5-7-9-20)26-15-21-17-29(12-13-31-21)16-19(2)3/h18-21H,4-17H2,1-3H3,(H2,24,25,26). The van der Waals surface area contributed by atoms with E-state index in [9.17, 15) is 0 Å². The van der Waals surface area contributed by atoms with Crippen molar-refractivity contribution in [3.05, 3.63) is 12.2 Å². The van der Waals surface area contributed by atoms with E-state index >= 15 is 0 Å². The maximum absolute atomic E-state index is 6.02. The normalized spacial score (nSPS) is 21.5. The minimum absolute atomic E-state index is 0.207. The van der Waals surface area contributed by atoms with Gasteiger partial charge in [0.2, 0.25) is 0 Å². The number of nitrogens with zero attached hydrogens (tertiary/aromatic N) is 5. The number of aromatic nitrogens is 3. The van der Waals surface area contributed by atoms with Gasteiger partial charge in [0.1, 0.15) is 12.2 Å². The van der Waals surface area contributed by atoms with Crippen LogP contribution in [0.2, 0.25) is 0 Å². The second-order valence-corrected chi connectivity index (χ2v) is 9.44. The molecule has 2 N–H and O–H groups in total. The first kappa shape index (κ1) is 24.0. The third kappa shape index (κ3) is 8.41. The van der Waals surface area contributed by atoms with Gasteiger partial charge in [0.15, 0.2) is 5.96 Å². The molecule has 0 bridgehead atoms. The van der Waals surface area contributed by atoms with Crippen LogP contribution in [0.25, 0.3) is 0 Å². The predicted molar refractivity (Wildman–Crippen MR) is 125 cm³/mol. The first-order valence-corrected chi connectivity index (χ1v) is 12.4. The number of morpholine rings is 1. The van der Waals surface area contributed by atoms with Gasteiger partial charge in [-0.15, -0.1) is 10.2 Å². The van der Waals surface area contributed by atoms with E-state index in [1.807, 2.05) is 6.33 Å². The highest BCUT2D eigenvalue weighted by Crippen LogP contribution is 2.23. The Hall–Kier alpha value is -1.67. The lowest BCUT2D eigenvalue weighted by molar-refractivity contribution is -0.0284. The molecule has 1 aromatic heterocycles. The van der Waals surface area contributed by atoms with E-state index in [4.69, 9.17) is 9.73 Å². The molecule has 176 valence electrons. The minimum Gasteiger partial charge on any atom is -0.374 e. The van der Waals surface area contributed by atoms with Crippen LogP contribution in [0, 0.1) is 11.8 Å². The number of hydrogen-bond donors (Lipinski definition) is 2. The molecule has 8 heteroatoms. The molecule has 1 aliphatic heterocycles. The smallest absolute Gasteiger partial charge is 0.191 e. The van der Waals surface area contributed by atoms with Crippen LogP contribution in [0.15, 0.2) is 11.3 Å². The van der Waals surface area contributed by atoms with Gasteiger partial charge in [0.05, 0.1) is 12.7 Å². The number of aliphatic imine (C=N–C) groups is 1. The summed E-state index contributed by atoms with van der Waals surface area (Å²) in [6.45, 7) is 14.0. The number of aryl methyl sites for hydroxylation is 1. The van der Waals surface area contributed by atoms with Gasteiger partial charge in [0, 0.05) is 52.2 Å². The number of ether oxygens (including phenoxy) is 1. The number of nitrogens with one attached hydrogen (secondary N) is 2. The SMILES string of the molecule is CCc1nncn1CCNC(=NCC1CCCCC1)NCC1CN(CC(C)C)CCO1. The molecule has 0 spiro atoms. The molecular weight excluding hydrogens is 390 g/mol. The van der Waals surface area contributed by atoms with Crippen LogP contribution in [0.3, 0.4) is 0 Å². The molecule has 2 fully saturated rings. The molecule has 8 nitrogen and oxygen atoms in total. The van der Waals surface area contributed by atoms with E-state index in [1.54, 1.807) is 0 Å². The number of hydrogen-bond acceptors (Lipinski definition) is 5. The summed E-state index contributed by atoms with van der Waals surface area (Å²) in [5.74, 6) is 3.34. The van der Waals surface area contributed by atoms with Crippen LogP contribution in [0.5, 0.6) is 0 Å². The van der Waals surface area contributed by atoms with Gasteiger partial charge < -0.3 is 19.9 Å². The summed E-state index contributed by atoms with van der Waals surface area (Å²) >= 11 is 0. The van der Waals surface area contributed by atoms with Gasteiger partial charge >= 0.3 is 0 Å². The van der Waals surface area contributed by atoms with Crippen LogP contribution in [0.1, 0.15) is 58.7 Å². The Morgan fingerprint density at radius 1 is 1.26 bits per heavy atom. The molecule has 3 rings (SSSR count). The van der Waals surface area contributed by atoms with Gasteiger partial charge in [-0.3, -0.25) is 9.89 Å². The lowest BCUT2D eigenvalue weighted by atomic mass is 9.89. The topological polar surface area (TPSA) is 79.6 Å². The van der Waals surface area contributed by atoms with Gasteiger partial charge in [-0.25, -0.2) is 0 Å². The summed E-state index contributed by atoms with van der Waals surface area (Å²) in [6, 6.07) is 0. The quantitative estimate of drug-likeness (QED) is 0.435. The summed E-state index contributed by atoms with van der Waals surface area (Å²) in [5.41, 5.74) is 0. The Bertz CT molecular complexity index is 654. The van der Waals surface area contributed by atoms with Crippen molar-refractivity contribution in [3.63, 3.8) is 0 Å². The molecule has 0 aromatic carbocycles. The van der Waals surface area contributed by atoms with Crippen molar-refractivity contribution in [3.8, 4) is 0 Å². The van der Waals surface area contributed by atoms with Crippen molar-refractivity contribution in [2.45, 2.75) is 71.9 Å². The molecule has 1 saturated heterocycles. The fraction of sp³-hybridized carbons (Fsp3) is 0.870. The highest BCUT2D eigenvalue weighted by atomic mass is 16.5. The van der Waals surface area contributed by atoms with Gasteiger partial charge in [-0.2, -0.15) is 0 Å². The zero-order valence-corrected chi connectivity index (χ0v) is 19.9. The second kappa shape index (κ2) is 13.0. The first-order valence-electron chi connectivity index (χ1n) is 12.4. The molecule has 0 radical (unpaired) electrons. The molecular formula is C23H43N7O. The summed E-state index contributed by atoms with van der Waals surface area (Å²) in [6.07, 6.45) is 9.63. The fourth-order valence-electron chi connectivity index (χ4n) is 4.60. The minimum atomic E-state index is 0.207. The van der Waals surface area contributed by atoms with Crippen LogP contribution < -0.4 is 10.6 Å². The van der Waals surface area contributed by atoms with Crippen molar-refractivity contribution < 1.29 is 4.74 Å². The lowest BCUT2D eigenvalue weighted by Crippen LogP contribution is -2.50. The molecule has 1 atom stereocenters. The van der Waals surface area contributed by atoms with Crippen molar-refractivity contribution in [2.24, 2.45) is 16.8 Å². The van der Waals surface area contributed by atoms with E-state index < -0.39 is 0 Å². The first-order chi connectivity index (χ1) is 15.1. The summed E-state index contributed by atoms with van der Waals surface area (Å²) in [4.78, 5) is 7.46. The third-order valence-corrected chi connectivity index (χ3v) is 6.23. The van der Waals surface area contributed by atoms with Crippen molar-refractivity contribution in [1.82, 2.24) is 30.3 Å². The maximum Gasteiger partial charge on any atom is 0.191 e. The molecule has 2 heterocycles. The van der Waals surface area contributed by atoms with E-state index in [0.717, 1.165) is 76.5 Å². The molecule has 31 heavy (non-hydrogen) atoms. The van der Waals surface area contributed by atoms with Gasteiger partial charge in [0.25, 0.3) is 0 Å². The largest absolute Gasteiger partial charge is 0.374 e. The Morgan fingerprint density at radius 2 is 2.10 bits per heavy atom. The average molecular weight is 434 g/mol. The Balaban J connectivity index is 1.50. The lowest BCUT2D eigenvalue weighted by Gasteiger charge is -2.34. The maximum atomic E-state index is 6.02. The monoisotopic (exact) mass is 433 g/mol. The van der Waals surface area contributed by atoms with Gasteiger partial charge in [-0.1, -0.05) is 40.0 Å². The van der Waals surface area contributed by atoms with E-state index in [0.29, 0.717) is 5.92 Å². The van der Waals surface area contributed by atoms with Crippen molar-refractivity contribution >= 4 is 5.96 Å². The molecule has 1 unspecified atom stereocenters. The summed E-state index contributed by atoms with van der Waals surface area (Å²) in [7, 11) is 0. The number of rotatable bonds is 10. The van der Waals surface area contributed by atoms with E-state index in [2.05, 4.69) is 51.1 Å². The summed E-state index contributed by atoms with van der Waals surface area (Å²) in [5, 5.41) is 15.3. The predicted octanol–water partition coefficient (Wildman–Crippen LogP) is 2.31. The van der Waals surface area contributed by atoms with Gasteiger partial charge in [-0.05, 0) is 24.7 Å². The molecule has 1 saturated carbocycles. The molecule has 2 aliphatic rings. The highest BCUT2D eigenvalue weighted by Gasteiger charge is 2.21. The van der Waals surface area contributed by atoms with Crippen LogP contribution in [-0.4, -0.2) is 77.6 Å². The fourth-order valence-corrected chi connectivity index (χ4v) is 4.60. The average Bonchev–Trinajstić information content (AvgIpc) is 3.23. The van der Waals surface area contributed by atoms with Crippen LogP contribution in [0.4, 0.5) is 0 Å². The molecule has 1 aliphatic carbocycles. The number of guanidine groups is 1. The van der Waals surface area contributed by atoms with Crippen molar-refractivity contribution in [2.75, 3.05) is 45.9 Å². The Labute approximate surface area is 188 Å². The zero-order valence-electron chi connectivity index (χ0n) is 19.9. The zero-order chi connectivity index (χ0) is 21.9. The van der Waals surface area contributed by atoms with Crippen molar-refractivity contribution in [1.29, 1.82) is 0 Å². The molecule has 0 amide bonds. The van der Waals surface area contributed by atoms with E-state index in [-0.39, 0.29) is 6.10 Å².